The van der Waals surface area contributed by atoms with Gasteiger partial charge in [-0.15, -0.1) is 0 Å². The van der Waals surface area contributed by atoms with Crippen molar-refractivity contribution in [3.63, 3.8) is 0 Å². The van der Waals surface area contributed by atoms with Crippen molar-refractivity contribution in [3.8, 4) is 0 Å². The topological polar surface area (TPSA) is 60.9 Å². The van der Waals surface area contributed by atoms with Crippen LogP contribution in [0.1, 0.15) is 13.3 Å². The van der Waals surface area contributed by atoms with Crippen LogP contribution in [0.2, 0.25) is 0 Å². The van der Waals surface area contributed by atoms with Gasteiger partial charge in [0.2, 0.25) is 5.95 Å². The van der Waals surface area contributed by atoms with E-state index in [0.29, 0.717) is 34.4 Å². The van der Waals surface area contributed by atoms with Crippen molar-refractivity contribution in [2.45, 2.75) is 25.1 Å². The zero-order chi connectivity index (χ0) is 14.2. The second-order valence-electron chi connectivity index (χ2n) is 4.47. The molecule has 0 bridgehead atoms. The molecule has 2 unspecified atom stereocenters. The second-order valence-corrected chi connectivity index (χ2v) is 7.13. The summed E-state index contributed by atoms with van der Waals surface area (Å²) in [5.41, 5.74) is 7.16. The van der Waals surface area contributed by atoms with Crippen molar-refractivity contribution < 1.29 is 8.60 Å². The molecule has 2 atom stereocenters. The van der Waals surface area contributed by atoms with Crippen molar-refractivity contribution in [2.24, 2.45) is 0 Å². The number of aromatic nitrogens is 2. The normalized spacial score (nSPS) is 14.7. The third-order valence-electron chi connectivity index (χ3n) is 3.15. The van der Waals surface area contributed by atoms with Gasteiger partial charge in [-0.05, 0) is 28.4 Å². The molecule has 1 heterocycles. The van der Waals surface area contributed by atoms with Gasteiger partial charge in [-0.25, -0.2) is 9.37 Å². The molecule has 0 spiro atoms. The number of hydrogen-bond donors (Lipinski definition) is 1. The van der Waals surface area contributed by atoms with Crippen LogP contribution in [0, 0.1) is 5.82 Å². The van der Waals surface area contributed by atoms with Crippen molar-refractivity contribution in [1.82, 2.24) is 9.55 Å². The highest BCUT2D eigenvalue weighted by Gasteiger charge is 2.13. The Kier molecular flexibility index (Phi) is 4.25. The molecule has 1 aromatic carbocycles. The Hall–Kier alpha value is -0.950. The van der Waals surface area contributed by atoms with E-state index in [-0.39, 0.29) is 11.1 Å². The minimum absolute atomic E-state index is 0.0668. The van der Waals surface area contributed by atoms with Crippen molar-refractivity contribution in [3.05, 3.63) is 22.4 Å². The molecule has 2 rings (SSSR count). The Morgan fingerprint density at radius 3 is 2.89 bits per heavy atom. The predicted octanol–water partition coefficient (Wildman–Crippen LogP) is 2.68. The number of benzene rings is 1. The van der Waals surface area contributed by atoms with Crippen molar-refractivity contribution in [1.29, 1.82) is 0 Å². The van der Waals surface area contributed by atoms with E-state index in [0.717, 1.165) is 0 Å². The van der Waals surface area contributed by atoms with Crippen molar-refractivity contribution in [2.75, 3.05) is 12.0 Å². The molecule has 0 saturated carbocycles. The molecule has 7 heteroatoms. The van der Waals surface area contributed by atoms with E-state index in [2.05, 4.69) is 20.9 Å². The van der Waals surface area contributed by atoms with Crippen LogP contribution in [0.5, 0.6) is 0 Å². The predicted molar refractivity (Wildman–Crippen MR) is 79.9 cm³/mol. The van der Waals surface area contributed by atoms with Crippen LogP contribution in [0.3, 0.4) is 0 Å². The van der Waals surface area contributed by atoms with Crippen LogP contribution in [0.4, 0.5) is 10.3 Å². The average Bonchev–Trinajstić information content (AvgIpc) is 2.62. The van der Waals surface area contributed by atoms with E-state index in [9.17, 15) is 8.60 Å². The third-order valence-corrected chi connectivity index (χ3v) is 5.12. The molecule has 2 aromatic rings. The summed E-state index contributed by atoms with van der Waals surface area (Å²) in [6.07, 6.45) is 2.38. The number of fused-ring (bicyclic) bond motifs is 1. The van der Waals surface area contributed by atoms with E-state index in [1.165, 1.54) is 6.07 Å². The molecule has 0 fully saturated rings. The Morgan fingerprint density at radius 1 is 1.58 bits per heavy atom. The molecule has 2 N–H and O–H groups in total. The van der Waals surface area contributed by atoms with Gasteiger partial charge < -0.3 is 10.3 Å². The summed E-state index contributed by atoms with van der Waals surface area (Å²) in [5, 5.41) is 0.0668. The molecule has 0 amide bonds. The quantitative estimate of drug-likeness (QED) is 0.924. The van der Waals surface area contributed by atoms with Gasteiger partial charge in [0.15, 0.2) is 0 Å². The van der Waals surface area contributed by atoms with Gasteiger partial charge in [0, 0.05) is 34.9 Å². The first-order chi connectivity index (χ1) is 8.90. The summed E-state index contributed by atoms with van der Waals surface area (Å²) in [4.78, 5) is 4.21. The molecule has 4 nitrogen and oxygen atoms in total. The molecule has 0 aliphatic carbocycles. The fourth-order valence-corrected chi connectivity index (χ4v) is 2.62. The minimum atomic E-state index is -0.876. The number of nitrogens with two attached hydrogens (primary N) is 1. The number of aryl methyl sites for hydroxylation is 1. The van der Waals surface area contributed by atoms with E-state index in [1.54, 1.807) is 16.9 Å². The highest BCUT2D eigenvalue weighted by Crippen LogP contribution is 2.25. The minimum Gasteiger partial charge on any atom is -0.369 e. The standard InChI is InChI=1S/C12H15BrFN3OS/c1-7(19(2)18)3-4-17-11-6-9(14)8(13)5-10(11)16-12(17)15/h5-7H,3-4H2,1-2H3,(H2,15,16). The first-order valence-corrected chi connectivity index (χ1v) is 8.24. The first-order valence-electron chi connectivity index (χ1n) is 5.83. The van der Waals surface area contributed by atoms with Gasteiger partial charge >= 0.3 is 0 Å². The van der Waals surface area contributed by atoms with Crippen LogP contribution in [-0.2, 0) is 17.3 Å². The fraction of sp³-hybridized carbons (Fsp3) is 0.417. The largest absolute Gasteiger partial charge is 0.369 e. The smallest absolute Gasteiger partial charge is 0.201 e. The summed E-state index contributed by atoms with van der Waals surface area (Å²) < 4.78 is 27.1. The highest BCUT2D eigenvalue weighted by atomic mass is 79.9. The number of halogens is 2. The maximum atomic E-state index is 13.6. The van der Waals surface area contributed by atoms with E-state index < -0.39 is 10.8 Å². The Bertz CT molecular complexity index is 643. The fourth-order valence-electron chi connectivity index (χ4n) is 1.85. The van der Waals surface area contributed by atoms with Gasteiger partial charge in [-0.2, -0.15) is 0 Å². The number of anilines is 1. The van der Waals surface area contributed by atoms with Crippen LogP contribution < -0.4 is 5.73 Å². The first kappa shape index (κ1) is 14.5. The average molecular weight is 348 g/mol. The Labute approximate surface area is 121 Å². The molecular formula is C12H15BrFN3OS. The van der Waals surface area contributed by atoms with E-state index in [1.807, 2.05) is 6.92 Å². The maximum Gasteiger partial charge on any atom is 0.201 e. The lowest BCUT2D eigenvalue weighted by Crippen LogP contribution is -2.14. The summed E-state index contributed by atoms with van der Waals surface area (Å²) in [7, 11) is -0.876. The number of nitrogen functional groups attached to an aromatic ring is 1. The van der Waals surface area contributed by atoms with Crippen LogP contribution >= 0.6 is 15.9 Å². The van der Waals surface area contributed by atoms with Crippen LogP contribution in [-0.4, -0.2) is 25.3 Å². The SMILES string of the molecule is CC(CCn1c(N)nc2cc(Br)c(F)cc21)S(C)=O. The Balaban J connectivity index is 2.35. The molecule has 0 radical (unpaired) electrons. The molecular weight excluding hydrogens is 333 g/mol. The van der Waals surface area contributed by atoms with Gasteiger partial charge in [0.05, 0.1) is 15.5 Å². The number of rotatable bonds is 4. The molecule has 104 valence electrons. The summed E-state index contributed by atoms with van der Waals surface area (Å²) in [5.74, 6) is 0.00218. The van der Waals surface area contributed by atoms with E-state index >= 15 is 0 Å². The molecule has 0 saturated heterocycles. The second kappa shape index (κ2) is 5.58. The lowest BCUT2D eigenvalue weighted by molar-refractivity contribution is 0.616. The zero-order valence-corrected chi connectivity index (χ0v) is 13.1. The van der Waals surface area contributed by atoms with Crippen molar-refractivity contribution >= 4 is 43.7 Å². The Morgan fingerprint density at radius 2 is 2.26 bits per heavy atom. The van der Waals surface area contributed by atoms with Gasteiger partial charge in [0.25, 0.3) is 0 Å². The monoisotopic (exact) mass is 347 g/mol. The summed E-state index contributed by atoms with van der Waals surface area (Å²) in [6.45, 7) is 2.49. The number of imidazole rings is 1. The van der Waals surface area contributed by atoms with Crippen LogP contribution in [0.25, 0.3) is 11.0 Å². The lowest BCUT2D eigenvalue weighted by atomic mass is 10.3. The van der Waals surface area contributed by atoms with Crippen LogP contribution in [0.15, 0.2) is 16.6 Å². The van der Waals surface area contributed by atoms with Gasteiger partial charge in [-0.3, -0.25) is 4.21 Å². The molecule has 0 aliphatic rings. The molecule has 0 aliphatic heterocycles. The number of hydrogen-bond acceptors (Lipinski definition) is 3. The summed E-state index contributed by atoms with van der Waals surface area (Å²) in [6, 6.07) is 3.02. The maximum absolute atomic E-state index is 13.6. The molecule has 1 aromatic heterocycles. The molecule has 19 heavy (non-hydrogen) atoms. The summed E-state index contributed by atoms with van der Waals surface area (Å²) >= 11 is 3.13. The third kappa shape index (κ3) is 2.97. The van der Waals surface area contributed by atoms with Gasteiger partial charge in [0.1, 0.15) is 5.82 Å². The van der Waals surface area contributed by atoms with E-state index in [4.69, 9.17) is 5.73 Å². The lowest BCUT2D eigenvalue weighted by Gasteiger charge is -2.10. The number of nitrogens with zero attached hydrogens (tertiary/aromatic N) is 2. The zero-order valence-electron chi connectivity index (χ0n) is 10.7. The van der Waals surface area contributed by atoms with Gasteiger partial charge in [-0.1, -0.05) is 6.92 Å². The highest BCUT2D eigenvalue weighted by molar-refractivity contribution is 9.10.